The van der Waals surface area contributed by atoms with Gasteiger partial charge in [-0.15, -0.1) is 0 Å². The van der Waals surface area contributed by atoms with E-state index in [-0.39, 0.29) is 11.8 Å². The molecule has 3 aromatic rings. The van der Waals surface area contributed by atoms with Crippen molar-refractivity contribution in [2.45, 2.75) is 26.4 Å². The Balaban J connectivity index is 1.77. The molecular formula is C22H28N3O+. The van der Waals surface area contributed by atoms with Gasteiger partial charge in [0.25, 0.3) is 0 Å². The van der Waals surface area contributed by atoms with Crippen LogP contribution in [0.5, 0.6) is 0 Å². The van der Waals surface area contributed by atoms with E-state index in [4.69, 9.17) is 0 Å². The van der Waals surface area contributed by atoms with E-state index in [0.717, 1.165) is 29.6 Å². The molecule has 0 fully saturated rings. The number of benzene rings is 2. The van der Waals surface area contributed by atoms with Crippen molar-refractivity contribution in [2.75, 3.05) is 25.5 Å². The molecule has 0 saturated carbocycles. The van der Waals surface area contributed by atoms with Crippen LogP contribution in [0.4, 0.5) is 5.69 Å². The molecule has 0 aliphatic carbocycles. The number of quaternary nitrogens is 1. The Kier molecular flexibility index (Phi) is 5.43. The van der Waals surface area contributed by atoms with Gasteiger partial charge in [0, 0.05) is 48.0 Å². The van der Waals surface area contributed by atoms with Gasteiger partial charge in [-0.2, -0.15) is 0 Å². The van der Waals surface area contributed by atoms with E-state index in [1.165, 1.54) is 16.2 Å². The summed E-state index contributed by atoms with van der Waals surface area (Å²) in [6.45, 7) is 5.93. The second-order valence-corrected chi connectivity index (χ2v) is 7.08. The summed E-state index contributed by atoms with van der Waals surface area (Å²) in [4.78, 5) is 19.7. The topological polar surface area (TPSA) is 40.5 Å². The summed E-state index contributed by atoms with van der Waals surface area (Å²) in [5.41, 5.74) is 4.25. The van der Waals surface area contributed by atoms with Crippen LogP contribution in [0.3, 0.4) is 0 Å². The number of rotatable bonds is 7. The molecule has 0 amide bonds. The summed E-state index contributed by atoms with van der Waals surface area (Å²) < 4.78 is 0. The standard InChI is InChI=1S/C22H27N3O/c1-5-25(15-17-10-12-18(13-11-17)24(3)4)16(2)22(26)20-14-23-21-9-7-6-8-19(20)21/h6-14,16,23H,5,15H2,1-4H3/p+1/t16-/m0/s1. The Morgan fingerprint density at radius 2 is 1.81 bits per heavy atom. The number of fused-ring (bicyclic) bond motifs is 1. The van der Waals surface area contributed by atoms with Crippen molar-refractivity contribution in [3.05, 3.63) is 65.9 Å². The van der Waals surface area contributed by atoms with Crippen LogP contribution in [-0.2, 0) is 6.54 Å². The number of carbonyl (C=O) groups is 1. The van der Waals surface area contributed by atoms with Crippen LogP contribution < -0.4 is 9.80 Å². The van der Waals surface area contributed by atoms with Crippen LogP contribution in [0.25, 0.3) is 10.9 Å². The highest BCUT2D eigenvalue weighted by molar-refractivity contribution is 6.09. The Hall–Kier alpha value is -2.59. The van der Waals surface area contributed by atoms with Crippen molar-refractivity contribution in [2.24, 2.45) is 0 Å². The van der Waals surface area contributed by atoms with Gasteiger partial charge in [0.05, 0.1) is 6.54 Å². The largest absolute Gasteiger partial charge is 0.378 e. The van der Waals surface area contributed by atoms with Gasteiger partial charge in [0.15, 0.2) is 0 Å². The van der Waals surface area contributed by atoms with E-state index in [0.29, 0.717) is 0 Å². The number of hydrogen-bond donors (Lipinski definition) is 2. The van der Waals surface area contributed by atoms with Crippen LogP contribution >= 0.6 is 0 Å². The fraction of sp³-hybridized carbons (Fsp3) is 0.318. The molecule has 1 heterocycles. The molecule has 4 nitrogen and oxygen atoms in total. The van der Waals surface area contributed by atoms with Gasteiger partial charge in [0.2, 0.25) is 5.78 Å². The van der Waals surface area contributed by atoms with Gasteiger partial charge < -0.3 is 14.8 Å². The first kappa shape index (κ1) is 18.2. The zero-order chi connectivity index (χ0) is 18.7. The molecule has 26 heavy (non-hydrogen) atoms. The lowest BCUT2D eigenvalue weighted by atomic mass is 10.0. The summed E-state index contributed by atoms with van der Waals surface area (Å²) >= 11 is 0. The monoisotopic (exact) mass is 350 g/mol. The number of nitrogens with zero attached hydrogens (tertiary/aromatic N) is 1. The number of anilines is 1. The second kappa shape index (κ2) is 7.75. The predicted molar refractivity (Wildman–Crippen MR) is 108 cm³/mol. The lowest BCUT2D eigenvalue weighted by Gasteiger charge is -2.24. The molecular weight excluding hydrogens is 322 g/mol. The quantitative estimate of drug-likeness (QED) is 0.643. The number of aromatic nitrogens is 1. The molecule has 1 aromatic heterocycles. The fourth-order valence-electron chi connectivity index (χ4n) is 3.45. The molecule has 0 aliphatic rings. The van der Waals surface area contributed by atoms with Gasteiger partial charge in [-0.05, 0) is 32.0 Å². The average molecular weight is 350 g/mol. The predicted octanol–water partition coefficient (Wildman–Crippen LogP) is 2.91. The molecule has 4 heteroatoms. The fourth-order valence-corrected chi connectivity index (χ4v) is 3.45. The summed E-state index contributed by atoms with van der Waals surface area (Å²) in [7, 11) is 4.08. The zero-order valence-electron chi connectivity index (χ0n) is 16.0. The summed E-state index contributed by atoms with van der Waals surface area (Å²) in [5, 5.41) is 1.01. The maximum absolute atomic E-state index is 13.1. The lowest BCUT2D eigenvalue weighted by molar-refractivity contribution is -0.925. The molecule has 136 valence electrons. The van der Waals surface area contributed by atoms with Crippen molar-refractivity contribution in [3.63, 3.8) is 0 Å². The minimum Gasteiger partial charge on any atom is -0.378 e. The van der Waals surface area contributed by atoms with Crippen LogP contribution in [0.15, 0.2) is 54.7 Å². The summed E-state index contributed by atoms with van der Waals surface area (Å²) in [6.07, 6.45) is 1.85. The first-order valence-corrected chi connectivity index (χ1v) is 9.22. The maximum Gasteiger partial charge on any atom is 0.221 e. The Labute approximate surface area is 155 Å². The van der Waals surface area contributed by atoms with Crippen LogP contribution in [0.2, 0.25) is 0 Å². The Bertz CT molecular complexity index is 880. The number of carbonyl (C=O) groups excluding carboxylic acids is 1. The number of para-hydroxylation sites is 1. The minimum absolute atomic E-state index is 0.0901. The number of Topliss-reactive ketones (excluding diaryl/α,β-unsaturated/α-hetero) is 1. The highest BCUT2D eigenvalue weighted by Crippen LogP contribution is 2.19. The zero-order valence-corrected chi connectivity index (χ0v) is 16.0. The molecule has 0 radical (unpaired) electrons. The first-order valence-electron chi connectivity index (χ1n) is 9.22. The smallest absolute Gasteiger partial charge is 0.221 e. The van der Waals surface area contributed by atoms with Gasteiger partial charge in [-0.25, -0.2) is 0 Å². The first-order chi connectivity index (χ1) is 12.5. The van der Waals surface area contributed by atoms with E-state index in [2.05, 4.69) is 41.1 Å². The van der Waals surface area contributed by atoms with Crippen molar-refractivity contribution < 1.29 is 9.69 Å². The SMILES string of the molecule is CC[NH+](Cc1ccc(N(C)C)cc1)[C@@H](C)C(=O)c1c[nH]c2ccccc12. The average Bonchev–Trinajstić information content (AvgIpc) is 3.09. The van der Waals surface area contributed by atoms with Crippen molar-refractivity contribution in [1.82, 2.24) is 4.98 Å². The van der Waals surface area contributed by atoms with Gasteiger partial charge in [0.1, 0.15) is 12.6 Å². The summed E-state index contributed by atoms with van der Waals surface area (Å²) in [5.74, 6) is 0.198. The molecule has 2 atom stereocenters. The van der Waals surface area contributed by atoms with Gasteiger partial charge in [-0.1, -0.05) is 30.3 Å². The number of aromatic amines is 1. The van der Waals surface area contributed by atoms with E-state index in [1.807, 2.05) is 51.5 Å². The van der Waals surface area contributed by atoms with Crippen LogP contribution in [-0.4, -0.2) is 37.4 Å². The van der Waals surface area contributed by atoms with Crippen molar-refractivity contribution >= 4 is 22.4 Å². The van der Waals surface area contributed by atoms with E-state index in [9.17, 15) is 4.79 Å². The lowest BCUT2D eigenvalue weighted by Crippen LogP contribution is -3.14. The molecule has 3 rings (SSSR count). The van der Waals surface area contributed by atoms with Gasteiger partial charge in [-0.3, -0.25) is 4.79 Å². The van der Waals surface area contributed by atoms with Crippen LogP contribution in [0, 0.1) is 0 Å². The van der Waals surface area contributed by atoms with Crippen molar-refractivity contribution in [1.29, 1.82) is 0 Å². The third kappa shape index (κ3) is 3.65. The number of ketones is 1. The van der Waals surface area contributed by atoms with E-state index in [1.54, 1.807) is 0 Å². The number of likely N-dealkylation sites (N-methyl/N-ethyl adjacent to an activating group) is 1. The van der Waals surface area contributed by atoms with Crippen molar-refractivity contribution in [3.8, 4) is 0 Å². The molecule has 2 aromatic carbocycles. The number of nitrogens with one attached hydrogen (secondary N) is 2. The highest BCUT2D eigenvalue weighted by atomic mass is 16.1. The third-order valence-corrected chi connectivity index (χ3v) is 5.20. The Morgan fingerprint density at radius 1 is 1.12 bits per heavy atom. The van der Waals surface area contributed by atoms with Crippen LogP contribution in [0.1, 0.15) is 29.8 Å². The summed E-state index contributed by atoms with van der Waals surface area (Å²) in [6, 6.07) is 16.5. The molecule has 0 saturated heterocycles. The number of H-pyrrole nitrogens is 1. The number of hydrogen-bond acceptors (Lipinski definition) is 2. The van der Waals surface area contributed by atoms with E-state index >= 15 is 0 Å². The highest BCUT2D eigenvalue weighted by Gasteiger charge is 2.27. The van der Waals surface area contributed by atoms with E-state index < -0.39 is 0 Å². The molecule has 2 N–H and O–H groups in total. The maximum atomic E-state index is 13.1. The molecule has 0 spiro atoms. The molecule has 0 aliphatic heterocycles. The molecule has 1 unspecified atom stereocenters. The third-order valence-electron chi connectivity index (χ3n) is 5.20. The van der Waals surface area contributed by atoms with Gasteiger partial charge >= 0.3 is 0 Å². The normalized spacial score (nSPS) is 13.5. The Morgan fingerprint density at radius 3 is 2.46 bits per heavy atom. The minimum atomic E-state index is -0.0901. The molecule has 0 bridgehead atoms. The second-order valence-electron chi connectivity index (χ2n) is 7.08.